The molecule has 1 unspecified atom stereocenters. The monoisotopic (exact) mass is 413 g/mol. The minimum atomic E-state index is -3.70. The Bertz CT molecular complexity index is 1090. The van der Waals surface area contributed by atoms with Crippen molar-refractivity contribution in [1.82, 2.24) is 5.16 Å². The van der Waals surface area contributed by atoms with Crippen molar-refractivity contribution in [3.05, 3.63) is 71.6 Å². The van der Waals surface area contributed by atoms with E-state index in [-0.39, 0.29) is 10.8 Å². The summed E-state index contributed by atoms with van der Waals surface area (Å²) in [5.74, 6) is 0.453. The molecule has 8 heteroatoms. The van der Waals surface area contributed by atoms with Gasteiger partial charge in [-0.15, -0.1) is 0 Å². The molecular weight excluding hydrogens is 390 g/mol. The predicted octanol–water partition coefficient (Wildman–Crippen LogP) is 4.55. The molecule has 1 amide bonds. The van der Waals surface area contributed by atoms with E-state index in [1.807, 2.05) is 12.1 Å². The topological polar surface area (TPSA) is 101 Å². The summed E-state index contributed by atoms with van der Waals surface area (Å²) in [7, 11) is -3.70. The lowest BCUT2D eigenvalue weighted by Crippen LogP contribution is -2.14. The molecule has 0 aliphatic carbocycles. The van der Waals surface area contributed by atoms with E-state index < -0.39 is 10.0 Å². The maximum absolute atomic E-state index is 12.6. The van der Waals surface area contributed by atoms with Crippen LogP contribution in [0.25, 0.3) is 0 Å². The number of aryl methyl sites for hydroxylation is 1. The van der Waals surface area contributed by atoms with Crippen molar-refractivity contribution < 1.29 is 17.7 Å². The summed E-state index contributed by atoms with van der Waals surface area (Å²) in [6.45, 7) is 5.85. The highest BCUT2D eigenvalue weighted by atomic mass is 32.2. The molecule has 0 bridgehead atoms. The first-order valence-corrected chi connectivity index (χ1v) is 10.7. The molecule has 0 aliphatic rings. The van der Waals surface area contributed by atoms with Crippen LogP contribution in [0.5, 0.6) is 0 Å². The molecule has 2 N–H and O–H groups in total. The normalized spacial score (nSPS) is 12.4. The third-order valence-corrected chi connectivity index (χ3v) is 6.16. The number of amides is 1. The Balaban J connectivity index is 1.68. The van der Waals surface area contributed by atoms with Gasteiger partial charge in [0.2, 0.25) is 0 Å². The second-order valence-electron chi connectivity index (χ2n) is 6.81. The molecule has 0 saturated carbocycles. The van der Waals surface area contributed by atoms with Gasteiger partial charge in [0.25, 0.3) is 15.9 Å². The van der Waals surface area contributed by atoms with Crippen molar-refractivity contribution in [3.8, 4) is 0 Å². The lowest BCUT2D eigenvalue weighted by molar-refractivity contribution is 0.102. The summed E-state index contributed by atoms with van der Waals surface area (Å²) < 4.78 is 32.6. The van der Waals surface area contributed by atoms with E-state index in [1.165, 1.54) is 6.20 Å². The Labute approximate surface area is 170 Å². The van der Waals surface area contributed by atoms with Gasteiger partial charge in [0.1, 0.15) is 11.3 Å². The van der Waals surface area contributed by atoms with Crippen LogP contribution < -0.4 is 10.0 Å². The third kappa shape index (κ3) is 4.83. The van der Waals surface area contributed by atoms with E-state index in [2.05, 4.69) is 29.0 Å². The summed E-state index contributed by atoms with van der Waals surface area (Å²) >= 11 is 0. The quantitative estimate of drug-likeness (QED) is 0.592. The Kier molecular flexibility index (Phi) is 6.03. The van der Waals surface area contributed by atoms with Crippen LogP contribution in [0, 0.1) is 6.92 Å². The van der Waals surface area contributed by atoms with E-state index in [0.29, 0.717) is 28.6 Å². The number of sulfonamides is 1. The molecule has 7 nitrogen and oxygen atoms in total. The highest BCUT2D eigenvalue weighted by molar-refractivity contribution is 7.92. The second kappa shape index (κ2) is 8.48. The molecule has 29 heavy (non-hydrogen) atoms. The van der Waals surface area contributed by atoms with Gasteiger partial charge in [-0.1, -0.05) is 31.1 Å². The summed E-state index contributed by atoms with van der Waals surface area (Å²) in [6.07, 6.45) is 2.34. The maximum Gasteiger partial charge on any atom is 0.261 e. The van der Waals surface area contributed by atoms with Crippen molar-refractivity contribution in [1.29, 1.82) is 0 Å². The van der Waals surface area contributed by atoms with Gasteiger partial charge in [0.05, 0.1) is 11.1 Å². The average Bonchev–Trinajstić information content (AvgIpc) is 3.15. The van der Waals surface area contributed by atoms with Gasteiger partial charge in [-0.25, -0.2) is 8.42 Å². The molecule has 2 aromatic carbocycles. The number of hydrogen-bond acceptors (Lipinski definition) is 5. The third-order valence-electron chi connectivity index (χ3n) is 4.76. The summed E-state index contributed by atoms with van der Waals surface area (Å²) in [4.78, 5) is 12.4. The van der Waals surface area contributed by atoms with Gasteiger partial charge in [-0.05, 0) is 61.2 Å². The predicted molar refractivity (Wildman–Crippen MR) is 112 cm³/mol. The largest absolute Gasteiger partial charge is 0.361 e. The van der Waals surface area contributed by atoms with Crippen LogP contribution in [0.3, 0.4) is 0 Å². The van der Waals surface area contributed by atoms with Gasteiger partial charge >= 0.3 is 0 Å². The fourth-order valence-electron chi connectivity index (χ4n) is 2.76. The molecule has 152 valence electrons. The van der Waals surface area contributed by atoms with Crippen molar-refractivity contribution in [2.45, 2.75) is 38.0 Å². The van der Waals surface area contributed by atoms with Crippen molar-refractivity contribution in [2.24, 2.45) is 0 Å². The van der Waals surface area contributed by atoms with Crippen molar-refractivity contribution in [3.63, 3.8) is 0 Å². The zero-order valence-electron chi connectivity index (χ0n) is 16.5. The molecular formula is C21H23N3O4S. The van der Waals surface area contributed by atoms with Crippen LogP contribution in [0.4, 0.5) is 11.4 Å². The van der Waals surface area contributed by atoms with E-state index in [0.717, 1.165) is 12.0 Å². The molecule has 1 atom stereocenters. The number of hydrogen-bond donors (Lipinski definition) is 2. The highest BCUT2D eigenvalue weighted by Gasteiger charge is 2.16. The molecule has 0 fully saturated rings. The number of aromatic nitrogens is 1. The molecule has 1 heterocycles. The molecule has 1 aromatic heterocycles. The van der Waals surface area contributed by atoms with Gasteiger partial charge in [0.15, 0.2) is 0 Å². The lowest BCUT2D eigenvalue weighted by atomic mass is 9.99. The Hall–Kier alpha value is -3.13. The number of nitrogens with zero attached hydrogens (tertiary/aromatic N) is 1. The van der Waals surface area contributed by atoms with Crippen LogP contribution in [0.2, 0.25) is 0 Å². The first-order valence-electron chi connectivity index (χ1n) is 9.25. The minimum absolute atomic E-state index is 0.199. The first kappa shape index (κ1) is 20.6. The molecule has 0 spiro atoms. The van der Waals surface area contributed by atoms with Gasteiger partial charge in [-0.2, -0.15) is 0 Å². The Morgan fingerprint density at radius 1 is 1.07 bits per heavy atom. The number of rotatable bonds is 7. The molecule has 0 saturated heterocycles. The summed E-state index contributed by atoms with van der Waals surface area (Å²) in [5, 5.41) is 6.29. The van der Waals surface area contributed by atoms with E-state index in [1.54, 1.807) is 43.3 Å². The van der Waals surface area contributed by atoms with Crippen LogP contribution in [0.1, 0.15) is 47.9 Å². The van der Waals surface area contributed by atoms with Gasteiger partial charge in [0, 0.05) is 11.4 Å². The number of benzene rings is 2. The Morgan fingerprint density at radius 3 is 2.24 bits per heavy atom. The number of anilines is 2. The van der Waals surface area contributed by atoms with Crippen LogP contribution >= 0.6 is 0 Å². The minimum Gasteiger partial charge on any atom is -0.361 e. The maximum atomic E-state index is 12.6. The smallest absolute Gasteiger partial charge is 0.261 e. The molecule has 3 rings (SSSR count). The standard InChI is InChI=1S/C21H23N3O4S/c1-4-14(2)16-5-11-19(12-6-16)29(26,27)24-18-9-7-17(8-10-18)23-21(25)20-13-22-28-15(20)3/h5-14,24H,4H2,1-3H3,(H,23,25). The highest BCUT2D eigenvalue weighted by Crippen LogP contribution is 2.23. The van der Waals surface area contributed by atoms with E-state index in [4.69, 9.17) is 4.52 Å². The summed E-state index contributed by atoms with van der Waals surface area (Å²) in [6, 6.07) is 13.3. The summed E-state index contributed by atoms with van der Waals surface area (Å²) in [5.41, 5.74) is 2.37. The lowest BCUT2D eigenvalue weighted by Gasteiger charge is -2.12. The number of nitrogens with one attached hydrogen (secondary N) is 2. The van der Waals surface area contributed by atoms with Crippen molar-refractivity contribution in [2.75, 3.05) is 10.0 Å². The zero-order chi connectivity index (χ0) is 21.0. The fourth-order valence-corrected chi connectivity index (χ4v) is 3.82. The molecule has 0 aliphatic heterocycles. The average molecular weight is 413 g/mol. The van der Waals surface area contributed by atoms with Gasteiger partial charge in [-0.3, -0.25) is 9.52 Å². The van der Waals surface area contributed by atoms with E-state index >= 15 is 0 Å². The van der Waals surface area contributed by atoms with Crippen molar-refractivity contribution >= 4 is 27.3 Å². The second-order valence-corrected chi connectivity index (χ2v) is 8.49. The van der Waals surface area contributed by atoms with Gasteiger partial charge < -0.3 is 9.84 Å². The first-order chi connectivity index (χ1) is 13.8. The number of carbonyl (C=O) groups excluding carboxylic acids is 1. The van der Waals surface area contributed by atoms with Crippen LogP contribution in [-0.2, 0) is 10.0 Å². The zero-order valence-corrected chi connectivity index (χ0v) is 17.3. The molecule has 3 aromatic rings. The van der Waals surface area contributed by atoms with Crippen LogP contribution in [0.15, 0.2) is 64.1 Å². The fraction of sp³-hybridized carbons (Fsp3) is 0.238. The SMILES string of the molecule is CCC(C)c1ccc(S(=O)(=O)Nc2ccc(NC(=O)c3cnoc3C)cc2)cc1. The number of carbonyl (C=O) groups is 1. The van der Waals surface area contributed by atoms with E-state index in [9.17, 15) is 13.2 Å². The van der Waals surface area contributed by atoms with Crippen LogP contribution in [-0.4, -0.2) is 19.5 Å². The Morgan fingerprint density at radius 2 is 1.69 bits per heavy atom. The molecule has 0 radical (unpaired) electrons.